The molecule has 0 saturated carbocycles. The third-order valence-electron chi connectivity index (χ3n) is 2.06. The molecule has 1 saturated heterocycles. The van der Waals surface area contributed by atoms with Gasteiger partial charge in [-0.05, 0) is 0 Å². The van der Waals surface area contributed by atoms with Gasteiger partial charge in [-0.25, -0.2) is 0 Å². The Morgan fingerprint density at radius 3 is 2.54 bits per heavy atom. The van der Waals surface area contributed by atoms with Gasteiger partial charge in [0, 0.05) is 0 Å². The third kappa shape index (κ3) is 1.91. The fourth-order valence-electron chi connectivity index (χ4n) is 1.26. The molecule has 1 N–H and O–H groups in total. The summed E-state index contributed by atoms with van der Waals surface area (Å²) in [5.74, 6) is 0. The van der Waals surface area contributed by atoms with Gasteiger partial charge in [-0.3, -0.25) is 0 Å². The maximum atomic E-state index is 9.98. The molecular weight excluding hydrogens is 417 g/mol. The van der Waals surface area contributed by atoms with Gasteiger partial charge in [-0.2, -0.15) is 0 Å². The van der Waals surface area contributed by atoms with Gasteiger partial charge < -0.3 is 0 Å². The summed E-state index contributed by atoms with van der Waals surface area (Å²) >= 11 is 5.81. The molecule has 0 aromatic heterocycles. The molecule has 1 aromatic carbocycles. The van der Waals surface area contributed by atoms with E-state index in [1.165, 1.54) is 0 Å². The summed E-state index contributed by atoms with van der Waals surface area (Å²) < 4.78 is 7.08. The molecule has 0 bridgehead atoms. The summed E-state index contributed by atoms with van der Waals surface area (Å²) in [6, 6.07) is 5.90. The molecule has 1 aromatic rings. The van der Waals surface area contributed by atoms with E-state index in [-0.39, 0.29) is 0 Å². The first-order valence-electron chi connectivity index (χ1n) is 3.83. The minimum atomic E-state index is -0.764. The van der Waals surface area contributed by atoms with Crippen LogP contribution in [-0.2, 0) is 31.4 Å². The first kappa shape index (κ1) is 9.90. The molecule has 1 aliphatic heterocycles. The SMILES string of the molecule is OC1(c2cc(Br)c[c]([Au])c2)COC1. The minimum absolute atomic E-state index is 0.399. The van der Waals surface area contributed by atoms with Crippen molar-refractivity contribution in [1.82, 2.24) is 0 Å². The second-order valence-electron chi connectivity index (χ2n) is 3.14. The van der Waals surface area contributed by atoms with E-state index in [2.05, 4.69) is 37.0 Å². The Kier molecular flexibility index (Phi) is 2.66. The molecule has 2 rings (SSSR count). The molecule has 13 heavy (non-hydrogen) atoms. The van der Waals surface area contributed by atoms with E-state index in [0.717, 1.165) is 13.8 Å². The number of hydrogen-bond acceptors (Lipinski definition) is 2. The van der Waals surface area contributed by atoms with Crippen LogP contribution in [0.2, 0.25) is 0 Å². The summed E-state index contributed by atoms with van der Waals surface area (Å²) in [4.78, 5) is 0. The summed E-state index contributed by atoms with van der Waals surface area (Å²) in [5, 5.41) is 9.98. The van der Waals surface area contributed by atoms with Crippen molar-refractivity contribution in [3.05, 3.63) is 28.2 Å². The zero-order chi connectivity index (χ0) is 9.47. The fourth-order valence-corrected chi connectivity index (χ4v) is 2.84. The predicted octanol–water partition coefficient (Wildman–Crippen LogP) is 0.839. The zero-order valence-electron chi connectivity index (χ0n) is 6.68. The summed E-state index contributed by atoms with van der Waals surface area (Å²) in [7, 11) is 0. The predicted molar refractivity (Wildman–Crippen MR) is 48.5 cm³/mol. The van der Waals surface area contributed by atoms with Gasteiger partial charge >= 0.3 is 97.7 Å². The topological polar surface area (TPSA) is 29.5 Å². The molecule has 0 unspecified atom stereocenters. The molecule has 0 aliphatic carbocycles. The van der Waals surface area contributed by atoms with E-state index in [4.69, 9.17) is 4.74 Å². The van der Waals surface area contributed by atoms with Gasteiger partial charge in [0.15, 0.2) is 0 Å². The van der Waals surface area contributed by atoms with Gasteiger partial charge in [0.25, 0.3) is 0 Å². The number of ether oxygens (including phenoxy) is 1. The number of halogens is 1. The van der Waals surface area contributed by atoms with Gasteiger partial charge in [0.1, 0.15) is 0 Å². The fraction of sp³-hybridized carbons (Fsp3) is 0.333. The number of aliphatic hydroxyl groups is 1. The molecular formula is C9H8AuBrO2. The van der Waals surface area contributed by atoms with Crippen LogP contribution in [0, 0.1) is 0 Å². The molecule has 2 nitrogen and oxygen atoms in total. The Morgan fingerprint density at radius 1 is 1.38 bits per heavy atom. The number of benzene rings is 1. The van der Waals surface area contributed by atoms with Crippen molar-refractivity contribution in [3.63, 3.8) is 0 Å². The van der Waals surface area contributed by atoms with E-state index in [1.54, 1.807) is 0 Å². The van der Waals surface area contributed by atoms with Crippen molar-refractivity contribution < 1.29 is 30.9 Å². The van der Waals surface area contributed by atoms with E-state index < -0.39 is 5.60 Å². The average Bonchev–Trinajstić information content (AvgIpc) is 1.98. The van der Waals surface area contributed by atoms with Crippen LogP contribution >= 0.6 is 15.9 Å². The molecule has 4 heteroatoms. The van der Waals surface area contributed by atoms with E-state index in [1.807, 2.05) is 18.2 Å². The van der Waals surface area contributed by atoms with E-state index >= 15 is 0 Å². The summed E-state index contributed by atoms with van der Waals surface area (Å²) in [5.41, 5.74) is 0.158. The van der Waals surface area contributed by atoms with Gasteiger partial charge in [-0.1, -0.05) is 0 Å². The van der Waals surface area contributed by atoms with Gasteiger partial charge in [0.2, 0.25) is 0 Å². The standard InChI is InChI=1S/C9H8BrO2.Au/c10-8-3-1-2-7(4-8)9(11)5-12-6-9;/h2-4,11H,5-6H2;. The van der Waals surface area contributed by atoms with Crippen molar-refractivity contribution >= 4 is 19.7 Å². The van der Waals surface area contributed by atoms with Crippen LogP contribution in [0.4, 0.5) is 0 Å². The first-order chi connectivity index (χ1) is 6.10. The van der Waals surface area contributed by atoms with Gasteiger partial charge in [-0.15, -0.1) is 0 Å². The Morgan fingerprint density at radius 2 is 2.08 bits per heavy atom. The third-order valence-corrected chi connectivity index (χ3v) is 3.14. The van der Waals surface area contributed by atoms with Crippen molar-refractivity contribution in [2.45, 2.75) is 5.60 Å². The van der Waals surface area contributed by atoms with E-state index in [0.29, 0.717) is 13.2 Å². The van der Waals surface area contributed by atoms with Crippen LogP contribution in [0.5, 0.6) is 0 Å². The molecule has 0 spiro atoms. The Balaban J connectivity index is 2.39. The van der Waals surface area contributed by atoms with Crippen LogP contribution in [0.3, 0.4) is 0 Å². The maximum absolute atomic E-state index is 9.98. The van der Waals surface area contributed by atoms with Crippen LogP contribution < -0.4 is 3.78 Å². The van der Waals surface area contributed by atoms with Crippen molar-refractivity contribution in [2.75, 3.05) is 13.2 Å². The normalized spacial score (nSPS) is 19.7. The van der Waals surface area contributed by atoms with Crippen molar-refractivity contribution in [1.29, 1.82) is 0 Å². The van der Waals surface area contributed by atoms with Crippen molar-refractivity contribution in [3.8, 4) is 0 Å². The Hall–Kier alpha value is 0.360. The monoisotopic (exact) mass is 424 g/mol. The second-order valence-corrected chi connectivity index (χ2v) is 5.30. The van der Waals surface area contributed by atoms with Crippen molar-refractivity contribution in [2.24, 2.45) is 0 Å². The van der Waals surface area contributed by atoms with E-state index in [9.17, 15) is 5.11 Å². The summed E-state index contributed by atoms with van der Waals surface area (Å²) in [6.45, 7) is 0.799. The number of rotatable bonds is 1. The Labute approximate surface area is 97.3 Å². The molecule has 74 valence electrons. The van der Waals surface area contributed by atoms with Crippen LogP contribution in [0.1, 0.15) is 5.56 Å². The molecule has 0 amide bonds. The average molecular weight is 425 g/mol. The van der Waals surface area contributed by atoms with Crippen LogP contribution in [0.15, 0.2) is 22.7 Å². The molecule has 0 radical (unpaired) electrons. The first-order valence-corrected chi connectivity index (χ1v) is 5.71. The van der Waals surface area contributed by atoms with Gasteiger partial charge in [0.05, 0.1) is 0 Å². The molecule has 1 aliphatic rings. The molecule has 0 atom stereocenters. The quantitative estimate of drug-likeness (QED) is 0.677. The molecule has 1 heterocycles. The second kappa shape index (κ2) is 3.50. The Bertz CT molecular complexity index is 316. The summed E-state index contributed by atoms with van der Waals surface area (Å²) in [6.07, 6.45) is 0. The number of hydrogen-bond donors (Lipinski definition) is 1. The molecule has 1 fully saturated rings. The van der Waals surface area contributed by atoms with Crippen LogP contribution in [0.25, 0.3) is 0 Å². The van der Waals surface area contributed by atoms with Crippen LogP contribution in [-0.4, -0.2) is 18.3 Å². The zero-order valence-corrected chi connectivity index (χ0v) is 10.4.